The summed E-state index contributed by atoms with van der Waals surface area (Å²) >= 11 is 0. The number of nitrogens with zero attached hydrogens (tertiary/aromatic N) is 4. The van der Waals surface area contributed by atoms with Crippen molar-refractivity contribution in [1.82, 2.24) is 14.9 Å². The van der Waals surface area contributed by atoms with Gasteiger partial charge in [-0.1, -0.05) is 0 Å². The van der Waals surface area contributed by atoms with Crippen LogP contribution in [0.3, 0.4) is 0 Å². The summed E-state index contributed by atoms with van der Waals surface area (Å²) in [5, 5.41) is 9.00. The zero-order valence-electron chi connectivity index (χ0n) is 10.8. The molecule has 3 heterocycles. The van der Waals surface area contributed by atoms with E-state index in [1.807, 2.05) is 0 Å². The highest BCUT2D eigenvalue weighted by atomic mass is 16.4. The van der Waals surface area contributed by atoms with Crippen LogP contribution in [0.5, 0.6) is 0 Å². The fourth-order valence-corrected chi connectivity index (χ4v) is 3.01. The number of aromatic nitrogens is 2. The molecule has 3 rings (SSSR count). The molecule has 2 aliphatic rings. The summed E-state index contributed by atoms with van der Waals surface area (Å²) in [5.74, 6) is -0.449. The van der Waals surface area contributed by atoms with Gasteiger partial charge < -0.3 is 10.0 Å². The molecular weight excluding hydrogens is 244 g/mol. The molecule has 1 N–H and O–H groups in total. The Hall–Kier alpha value is -1.69. The summed E-state index contributed by atoms with van der Waals surface area (Å²) in [7, 11) is 0. The lowest BCUT2D eigenvalue weighted by molar-refractivity contribution is 0.0690. The third-order valence-corrected chi connectivity index (χ3v) is 3.95. The molecule has 0 aliphatic carbocycles. The molecule has 6 nitrogen and oxygen atoms in total. The van der Waals surface area contributed by atoms with Gasteiger partial charge >= 0.3 is 5.97 Å². The van der Waals surface area contributed by atoms with Crippen LogP contribution < -0.4 is 4.90 Å². The van der Waals surface area contributed by atoms with E-state index < -0.39 is 5.97 Å². The number of carboxylic acids is 1. The lowest BCUT2D eigenvalue weighted by Gasteiger charge is -2.25. The van der Waals surface area contributed by atoms with Crippen LogP contribution in [-0.2, 0) is 0 Å². The topological polar surface area (TPSA) is 69.6 Å². The molecule has 2 saturated heterocycles. The quantitative estimate of drug-likeness (QED) is 0.852. The van der Waals surface area contributed by atoms with Crippen molar-refractivity contribution >= 4 is 11.9 Å². The van der Waals surface area contributed by atoms with Crippen molar-refractivity contribution in [2.45, 2.75) is 25.3 Å². The Labute approximate surface area is 112 Å². The van der Waals surface area contributed by atoms with Crippen LogP contribution in [0.1, 0.15) is 29.8 Å². The average molecular weight is 262 g/mol. The lowest BCUT2D eigenvalue weighted by Crippen LogP contribution is -2.37. The van der Waals surface area contributed by atoms with Crippen LogP contribution in [0.25, 0.3) is 0 Å². The molecule has 6 heteroatoms. The molecule has 19 heavy (non-hydrogen) atoms. The number of hydrogen-bond acceptors (Lipinski definition) is 5. The maximum Gasteiger partial charge on any atom is 0.354 e. The predicted octanol–water partition coefficient (Wildman–Crippen LogP) is 0.849. The summed E-state index contributed by atoms with van der Waals surface area (Å²) in [5.41, 5.74) is 0.0672. The lowest BCUT2D eigenvalue weighted by atomic mass is 10.2. The zero-order valence-corrected chi connectivity index (χ0v) is 10.8. The number of carbonyl (C=O) groups is 1. The zero-order chi connectivity index (χ0) is 13.2. The summed E-state index contributed by atoms with van der Waals surface area (Å²) in [6.45, 7) is 4.12. The highest BCUT2D eigenvalue weighted by Crippen LogP contribution is 2.23. The van der Waals surface area contributed by atoms with Gasteiger partial charge in [0.1, 0.15) is 0 Å². The monoisotopic (exact) mass is 262 g/mol. The van der Waals surface area contributed by atoms with Gasteiger partial charge in [-0.25, -0.2) is 14.8 Å². The second-order valence-corrected chi connectivity index (χ2v) is 5.18. The van der Waals surface area contributed by atoms with Crippen molar-refractivity contribution in [1.29, 1.82) is 0 Å². The van der Waals surface area contributed by atoms with Crippen molar-refractivity contribution < 1.29 is 9.90 Å². The van der Waals surface area contributed by atoms with E-state index in [-0.39, 0.29) is 5.69 Å². The van der Waals surface area contributed by atoms with Gasteiger partial charge in [-0.2, -0.15) is 0 Å². The molecule has 102 valence electrons. The highest BCUT2D eigenvalue weighted by molar-refractivity contribution is 5.85. The van der Waals surface area contributed by atoms with Crippen LogP contribution in [0, 0.1) is 0 Å². The van der Waals surface area contributed by atoms with E-state index in [1.54, 1.807) is 0 Å². The third kappa shape index (κ3) is 2.53. The Morgan fingerprint density at radius 3 is 3.00 bits per heavy atom. The van der Waals surface area contributed by atoms with Gasteiger partial charge in [-0.05, 0) is 31.9 Å². The van der Waals surface area contributed by atoms with E-state index in [1.165, 1.54) is 31.6 Å². The predicted molar refractivity (Wildman–Crippen MR) is 70.4 cm³/mol. The summed E-state index contributed by atoms with van der Waals surface area (Å²) in [6.07, 6.45) is 5.09. The van der Waals surface area contributed by atoms with Gasteiger partial charge in [0.2, 0.25) is 5.95 Å². The molecular formula is C13H18N4O2. The van der Waals surface area contributed by atoms with Crippen LogP contribution in [0.4, 0.5) is 5.95 Å². The first-order valence-corrected chi connectivity index (χ1v) is 6.79. The highest BCUT2D eigenvalue weighted by Gasteiger charge is 2.29. The molecule has 0 bridgehead atoms. The molecule has 0 aromatic carbocycles. The van der Waals surface area contributed by atoms with Crippen molar-refractivity contribution in [3.63, 3.8) is 0 Å². The Kier molecular flexibility index (Phi) is 3.33. The van der Waals surface area contributed by atoms with Gasteiger partial charge in [0.15, 0.2) is 5.69 Å². The molecule has 1 unspecified atom stereocenters. The number of rotatable bonds is 2. The Morgan fingerprint density at radius 1 is 1.32 bits per heavy atom. The van der Waals surface area contributed by atoms with Crippen LogP contribution in [0.2, 0.25) is 0 Å². The van der Waals surface area contributed by atoms with Crippen molar-refractivity contribution in [3.05, 3.63) is 18.0 Å². The number of anilines is 1. The van der Waals surface area contributed by atoms with E-state index in [0.717, 1.165) is 26.1 Å². The van der Waals surface area contributed by atoms with Gasteiger partial charge in [0, 0.05) is 31.9 Å². The number of carboxylic acid groups (broad SMARTS) is 1. The first-order valence-electron chi connectivity index (χ1n) is 6.79. The first-order chi connectivity index (χ1) is 9.24. The second kappa shape index (κ2) is 5.13. The molecule has 1 atom stereocenters. The van der Waals surface area contributed by atoms with Crippen molar-refractivity contribution in [2.24, 2.45) is 0 Å². The third-order valence-electron chi connectivity index (χ3n) is 3.95. The van der Waals surface area contributed by atoms with E-state index in [2.05, 4.69) is 19.8 Å². The van der Waals surface area contributed by atoms with E-state index in [0.29, 0.717) is 12.0 Å². The van der Waals surface area contributed by atoms with Gasteiger partial charge in [-0.3, -0.25) is 4.90 Å². The first kappa shape index (κ1) is 12.3. The summed E-state index contributed by atoms with van der Waals surface area (Å²) in [4.78, 5) is 24.0. The normalized spacial score (nSPS) is 24.0. The number of aromatic carboxylic acids is 1. The van der Waals surface area contributed by atoms with E-state index in [4.69, 9.17) is 5.11 Å². The molecule has 2 aliphatic heterocycles. The maximum absolute atomic E-state index is 11.0. The van der Waals surface area contributed by atoms with Gasteiger partial charge in [-0.15, -0.1) is 0 Å². The molecule has 0 amide bonds. The van der Waals surface area contributed by atoms with Crippen molar-refractivity contribution in [3.8, 4) is 0 Å². The second-order valence-electron chi connectivity index (χ2n) is 5.18. The Bertz CT molecular complexity index is 479. The van der Waals surface area contributed by atoms with E-state index in [9.17, 15) is 4.79 Å². The maximum atomic E-state index is 11.0. The summed E-state index contributed by atoms with van der Waals surface area (Å²) in [6, 6.07) is 2.01. The Morgan fingerprint density at radius 2 is 2.16 bits per heavy atom. The fraction of sp³-hybridized carbons (Fsp3) is 0.615. The number of hydrogen-bond donors (Lipinski definition) is 1. The van der Waals surface area contributed by atoms with Gasteiger partial charge in [0.25, 0.3) is 0 Å². The molecule has 0 radical (unpaired) electrons. The standard InChI is InChI=1S/C13H18N4O2/c18-12(19)11-4-5-14-13(15-11)17-8-2-7-16-6-1-3-10(16)9-17/h4-5,10H,1-3,6-9H2,(H,18,19). The number of fused-ring (bicyclic) bond motifs is 1. The van der Waals surface area contributed by atoms with Gasteiger partial charge in [0.05, 0.1) is 0 Å². The molecule has 0 saturated carbocycles. The minimum atomic E-state index is -0.999. The molecule has 1 aromatic rings. The summed E-state index contributed by atoms with van der Waals surface area (Å²) < 4.78 is 0. The van der Waals surface area contributed by atoms with Crippen LogP contribution >= 0.6 is 0 Å². The smallest absolute Gasteiger partial charge is 0.354 e. The molecule has 0 spiro atoms. The Balaban J connectivity index is 1.80. The average Bonchev–Trinajstić information content (AvgIpc) is 2.76. The van der Waals surface area contributed by atoms with Crippen molar-refractivity contribution in [2.75, 3.05) is 31.1 Å². The largest absolute Gasteiger partial charge is 0.477 e. The fourth-order valence-electron chi connectivity index (χ4n) is 3.01. The van der Waals surface area contributed by atoms with E-state index >= 15 is 0 Å². The van der Waals surface area contributed by atoms with Crippen LogP contribution in [0.15, 0.2) is 12.3 Å². The van der Waals surface area contributed by atoms with Crippen LogP contribution in [-0.4, -0.2) is 58.2 Å². The molecule has 2 fully saturated rings. The molecule has 1 aromatic heterocycles. The minimum absolute atomic E-state index is 0.0672. The minimum Gasteiger partial charge on any atom is -0.477 e. The SMILES string of the molecule is O=C(O)c1ccnc(N2CCCN3CCCC3C2)n1.